The van der Waals surface area contributed by atoms with Gasteiger partial charge in [-0.1, -0.05) is 26.2 Å². The lowest BCUT2D eigenvalue weighted by Crippen LogP contribution is -2.56. The smallest absolute Gasteiger partial charge is 0.211 e. The van der Waals surface area contributed by atoms with Crippen molar-refractivity contribution in [2.45, 2.75) is 44.6 Å². The molecule has 1 saturated carbocycles. The third kappa shape index (κ3) is 2.71. The van der Waals surface area contributed by atoms with Crippen LogP contribution in [0, 0.1) is 0 Å². The van der Waals surface area contributed by atoms with E-state index in [2.05, 4.69) is 0 Å². The Bertz CT molecular complexity index is 295. The first-order valence-corrected chi connectivity index (χ1v) is 7.49. The molecule has 1 aliphatic carbocycles. The van der Waals surface area contributed by atoms with E-state index >= 15 is 0 Å². The molecule has 0 aliphatic heterocycles. The largest absolute Gasteiger partial charge is 0.329 e. The average Bonchev–Trinajstić information content (AvgIpc) is 2.18. The summed E-state index contributed by atoms with van der Waals surface area (Å²) in [5.74, 6) is 0. The van der Waals surface area contributed by atoms with Crippen LogP contribution in [0.3, 0.4) is 0 Å². The van der Waals surface area contributed by atoms with Gasteiger partial charge >= 0.3 is 0 Å². The van der Waals surface area contributed by atoms with E-state index in [1.807, 2.05) is 6.92 Å². The van der Waals surface area contributed by atoms with Gasteiger partial charge in [-0.15, -0.1) is 0 Å². The number of nitrogens with two attached hydrogens (primary N) is 1. The Kier molecular flexibility index (Phi) is 4.14. The summed E-state index contributed by atoms with van der Waals surface area (Å²) in [6, 6.07) is 0. The molecule has 1 aliphatic rings. The maximum absolute atomic E-state index is 11.7. The van der Waals surface area contributed by atoms with Crippen molar-refractivity contribution in [2.75, 3.05) is 19.3 Å². The molecule has 0 unspecified atom stereocenters. The summed E-state index contributed by atoms with van der Waals surface area (Å²) in [6.45, 7) is 2.84. The maximum Gasteiger partial charge on any atom is 0.211 e. The van der Waals surface area contributed by atoms with Crippen molar-refractivity contribution in [1.29, 1.82) is 0 Å². The lowest BCUT2D eigenvalue weighted by atomic mass is 9.81. The zero-order valence-corrected chi connectivity index (χ0v) is 10.5. The van der Waals surface area contributed by atoms with Crippen LogP contribution >= 0.6 is 0 Å². The van der Waals surface area contributed by atoms with Crippen molar-refractivity contribution in [2.24, 2.45) is 5.73 Å². The first kappa shape index (κ1) is 12.9. The van der Waals surface area contributed by atoms with E-state index in [-0.39, 0.29) is 5.54 Å². The van der Waals surface area contributed by atoms with Gasteiger partial charge in [0.05, 0.1) is 6.26 Å². The molecule has 15 heavy (non-hydrogen) atoms. The number of hydrogen-bond acceptors (Lipinski definition) is 3. The second kappa shape index (κ2) is 4.80. The van der Waals surface area contributed by atoms with E-state index in [4.69, 9.17) is 5.73 Å². The van der Waals surface area contributed by atoms with Gasteiger partial charge in [-0.05, 0) is 12.8 Å². The van der Waals surface area contributed by atoms with Gasteiger partial charge in [0.1, 0.15) is 0 Å². The molecule has 0 spiro atoms. The van der Waals surface area contributed by atoms with E-state index in [0.717, 1.165) is 25.7 Å². The fraction of sp³-hybridized carbons (Fsp3) is 1.00. The summed E-state index contributed by atoms with van der Waals surface area (Å²) in [7, 11) is -3.13. The molecule has 90 valence electrons. The Morgan fingerprint density at radius 1 is 1.27 bits per heavy atom. The lowest BCUT2D eigenvalue weighted by molar-refractivity contribution is 0.142. The molecule has 2 N–H and O–H groups in total. The monoisotopic (exact) mass is 234 g/mol. The highest BCUT2D eigenvalue weighted by Gasteiger charge is 2.40. The molecule has 0 amide bonds. The lowest BCUT2D eigenvalue weighted by Gasteiger charge is -2.43. The molecule has 0 radical (unpaired) electrons. The minimum Gasteiger partial charge on any atom is -0.329 e. The van der Waals surface area contributed by atoms with E-state index in [1.165, 1.54) is 12.7 Å². The molecule has 5 heteroatoms. The number of rotatable bonds is 4. The number of nitrogens with zero attached hydrogens (tertiary/aromatic N) is 1. The summed E-state index contributed by atoms with van der Waals surface area (Å²) in [4.78, 5) is 0. The van der Waals surface area contributed by atoms with Gasteiger partial charge in [0.2, 0.25) is 10.0 Å². The minimum absolute atomic E-state index is 0.305. The number of hydrogen-bond donors (Lipinski definition) is 1. The molecular weight excluding hydrogens is 212 g/mol. The van der Waals surface area contributed by atoms with Gasteiger partial charge in [-0.2, -0.15) is 4.31 Å². The topological polar surface area (TPSA) is 63.4 Å². The van der Waals surface area contributed by atoms with Gasteiger partial charge in [0, 0.05) is 18.6 Å². The third-order valence-corrected chi connectivity index (χ3v) is 4.83. The normalized spacial score (nSPS) is 21.9. The van der Waals surface area contributed by atoms with Gasteiger partial charge in [-0.25, -0.2) is 8.42 Å². The van der Waals surface area contributed by atoms with Crippen LogP contribution in [0.25, 0.3) is 0 Å². The van der Waals surface area contributed by atoms with Crippen LogP contribution in [-0.4, -0.2) is 37.6 Å². The predicted molar refractivity (Wildman–Crippen MR) is 62.1 cm³/mol. The first-order chi connectivity index (χ1) is 6.96. The standard InChI is InChI=1S/C10H22N2O2S/c1-3-12(15(2,13)14)10(9-11)7-5-4-6-8-10/h3-9,11H2,1-2H3. The van der Waals surface area contributed by atoms with E-state index in [1.54, 1.807) is 4.31 Å². The minimum atomic E-state index is -3.13. The fourth-order valence-electron chi connectivity index (χ4n) is 2.69. The van der Waals surface area contributed by atoms with Crippen LogP contribution in [-0.2, 0) is 10.0 Å². The second-order valence-electron chi connectivity index (χ2n) is 4.42. The number of likely N-dealkylation sites (N-methyl/N-ethyl adjacent to an activating group) is 1. The summed E-state index contributed by atoms with van der Waals surface area (Å²) < 4.78 is 25.0. The molecular formula is C10H22N2O2S. The molecule has 0 aromatic rings. The van der Waals surface area contributed by atoms with Gasteiger partial charge in [0.15, 0.2) is 0 Å². The Morgan fingerprint density at radius 3 is 2.13 bits per heavy atom. The highest BCUT2D eigenvalue weighted by atomic mass is 32.2. The molecule has 0 aromatic heterocycles. The summed E-state index contributed by atoms with van der Waals surface area (Å²) >= 11 is 0. The van der Waals surface area contributed by atoms with Gasteiger partial charge in [0.25, 0.3) is 0 Å². The Labute approximate surface area is 92.9 Å². The highest BCUT2D eigenvalue weighted by molar-refractivity contribution is 7.88. The summed E-state index contributed by atoms with van der Waals surface area (Å²) in [5.41, 5.74) is 5.50. The molecule has 4 nitrogen and oxygen atoms in total. The summed E-state index contributed by atoms with van der Waals surface area (Å²) in [5, 5.41) is 0. The Balaban J connectivity index is 2.96. The SMILES string of the molecule is CCN(C1(CN)CCCCC1)S(C)(=O)=O. The Hall–Kier alpha value is -0.130. The van der Waals surface area contributed by atoms with Crippen LogP contribution in [0.2, 0.25) is 0 Å². The zero-order chi connectivity index (χ0) is 11.5. The molecule has 0 bridgehead atoms. The highest BCUT2D eigenvalue weighted by Crippen LogP contribution is 2.34. The van der Waals surface area contributed by atoms with Crippen molar-refractivity contribution >= 4 is 10.0 Å². The molecule has 0 atom stereocenters. The maximum atomic E-state index is 11.7. The third-order valence-electron chi connectivity index (χ3n) is 3.38. The van der Waals surface area contributed by atoms with E-state index in [0.29, 0.717) is 13.1 Å². The molecule has 0 heterocycles. The predicted octanol–water partition coefficient (Wildman–Crippen LogP) is 0.929. The average molecular weight is 234 g/mol. The molecule has 1 fully saturated rings. The quantitative estimate of drug-likeness (QED) is 0.787. The van der Waals surface area contributed by atoms with Crippen LogP contribution in [0.5, 0.6) is 0 Å². The molecule has 1 rings (SSSR count). The van der Waals surface area contributed by atoms with Crippen molar-refractivity contribution in [3.8, 4) is 0 Å². The van der Waals surface area contributed by atoms with Gasteiger partial charge < -0.3 is 5.73 Å². The summed E-state index contributed by atoms with van der Waals surface area (Å²) in [6.07, 6.45) is 6.47. The van der Waals surface area contributed by atoms with E-state index < -0.39 is 10.0 Å². The van der Waals surface area contributed by atoms with Crippen molar-refractivity contribution < 1.29 is 8.42 Å². The van der Waals surface area contributed by atoms with Crippen LogP contribution in [0.1, 0.15) is 39.0 Å². The van der Waals surface area contributed by atoms with Gasteiger partial charge in [-0.3, -0.25) is 0 Å². The van der Waals surface area contributed by atoms with Crippen LogP contribution in [0.15, 0.2) is 0 Å². The van der Waals surface area contributed by atoms with Crippen molar-refractivity contribution in [3.63, 3.8) is 0 Å². The number of sulfonamides is 1. The zero-order valence-electron chi connectivity index (χ0n) is 9.70. The van der Waals surface area contributed by atoms with E-state index in [9.17, 15) is 8.42 Å². The van der Waals surface area contributed by atoms with Crippen molar-refractivity contribution in [1.82, 2.24) is 4.31 Å². The molecule has 0 aromatic carbocycles. The van der Waals surface area contributed by atoms with Crippen LogP contribution < -0.4 is 5.73 Å². The first-order valence-electron chi connectivity index (χ1n) is 5.64. The second-order valence-corrected chi connectivity index (χ2v) is 6.32. The molecule has 0 saturated heterocycles. The van der Waals surface area contributed by atoms with Crippen molar-refractivity contribution in [3.05, 3.63) is 0 Å². The Morgan fingerprint density at radius 2 is 1.80 bits per heavy atom. The van der Waals surface area contributed by atoms with Crippen LogP contribution in [0.4, 0.5) is 0 Å². The fourth-order valence-corrected chi connectivity index (χ4v) is 4.12.